The first kappa shape index (κ1) is 12.9. The van der Waals surface area contributed by atoms with Crippen LogP contribution >= 0.6 is 18.0 Å². The maximum absolute atomic E-state index is 4.61. The molecule has 0 fully saturated rings. The first-order valence-corrected chi connectivity index (χ1v) is 8.26. The number of halogens is 1. The molecule has 0 aliphatic heterocycles. The maximum atomic E-state index is 4.61. The Morgan fingerprint density at radius 3 is 1.33 bits per heavy atom. The SMILES string of the molecule is [Cl][Pt].c1ccc(Pc2ccccc2)cc1. The van der Waals surface area contributed by atoms with Gasteiger partial charge < -0.3 is 0 Å². The van der Waals surface area contributed by atoms with Crippen LogP contribution in [0.4, 0.5) is 0 Å². The van der Waals surface area contributed by atoms with Crippen molar-refractivity contribution in [3.05, 3.63) is 60.7 Å². The molecule has 0 unspecified atom stereocenters. The van der Waals surface area contributed by atoms with Gasteiger partial charge in [0.1, 0.15) is 0 Å². The molecule has 2 rings (SSSR count). The van der Waals surface area contributed by atoms with Crippen LogP contribution in [0.2, 0.25) is 0 Å². The molecule has 0 amide bonds. The van der Waals surface area contributed by atoms with Crippen LogP contribution in [0.15, 0.2) is 60.7 Å². The zero-order valence-corrected chi connectivity index (χ0v) is 12.0. The molecule has 0 radical (unpaired) electrons. The van der Waals surface area contributed by atoms with Gasteiger partial charge in [-0.1, -0.05) is 69.2 Å². The summed E-state index contributed by atoms with van der Waals surface area (Å²) in [6.45, 7) is 0. The second-order valence-corrected chi connectivity index (χ2v) is 4.26. The van der Waals surface area contributed by atoms with Crippen molar-refractivity contribution in [2.75, 3.05) is 0 Å². The molecule has 0 aliphatic rings. The van der Waals surface area contributed by atoms with E-state index in [2.05, 4.69) is 70.1 Å². The maximum Gasteiger partial charge on any atom is -0.0226 e. The predicted molar refractivity (Wildman–Crippen MR) is 66.3 cm³/mol. The van der Waals surface area contributed by atoms with Crippen molar-refractivity contribution in [3.8, 4) is 0 Å². The van der Waals surface area contributed by atoms with Crippen LogP contribution in [0, 0.1) is 0 Å². The molecule has 0 bridgehead atoms. The Labute approximate surface area is 108 Å². The molecule has 0 atom stereocenters. The fourth-order valence-corrected chi connectivity index (χ4v) is 2.26. The van der Waals surface area contributed by atoms with Crippen molar-refractivity contribution in [2.45, 2.75) is 0 Å². The number of benzene rings is 2. The standard InChI is InChI=1S/C12H11P.ClH.Pt/c1-3-7-11(8-4-1)13-12-9-5-2-6-10-12;;/h1-10,13H;1H;/q;;+1/p-1. The molecule has 0 N–H and O–H groups in total. The number of rotatable bonds is 2. The van der Waals surface area contributed by atoms with Gasteiger partial charge in [0.15, 0.2) is 0 Å². The van der Waals surface area contributed by atoms with E-state index in [1.807, 2.05) is 0 Å². The molecule has 2 aromatic rings. The average molecular weight is 417 g/mol. The molecule has 0 aromatic heterocycles. The Hall–Kier alpha value is -0.152. The average Bonchev–Trinajstić information content (AvgIpc) is 2.34. The van der Waals surface area contributed by atoms with Gasteiger partial charge in [-0.2, -0.15) is 0 Å². The monoisotopic (exact) mass is 416 g/mol. The Kier molecular flexibility index (Phi) is 6.93. The van der Waals surface area contributed by atoms with E-state index in [-0.39, 0.29) is 0 Å². The van der Waals surface area contributed by atoms with Gasteiger partial charge in [-0.15, -0.1) is 0 Å². The van der Waals surface area contributed by atoms with Crippen LogP contribution in [0.25, 0.3) is 0 Å². The molecule has 15 heavy (non-hydrogen) atoms. The topological polar surface area (TPSA) is 0 Å². The zero-order valence-electron chi connectivity index (χ0n) is 7.97. The van der Waals surface area contributed by atoms with Gasteiger partial charge in [0, 0.05) is 0 Å². The fourth-order valence-electron chi connectivity index (χ4n) is 1.21. The quantitative estimate of drug-likeness (QED) is 0.660. The van der Waals surface area contributed by atoms with Crippen LogP contribution in [0.3, 0.4) is 0 Å². The summed E-state index contributed by atoms with van der Waals surface area (Å²) in [5.41, 5.74) is 0. The van der Waals surface area contributed by atoms with Crippen molar-refractivity contribution >= 4 is 28.6 Å². The minimum atomic E-state index is 0.777. The molecule has 2 aromatic carbocycles. The van der Waals surface area contributed by atoms with Gasteiger partial charge in [0.2, 0.25) is 0 Å². The van der Waals surface area contributed by atoms with E-state index >= 15 is 0 Å². The van der Waals surface area contributed by atoms with Crippen LogP contribution in [-0.4, -0.2) is 0 Å². The Morgan fingerprint density at radius 1 is 0.667 bits per heavy atom. The van der Waals surface area contributed by atoms with Crippen molar-refractivity contribution in [3.63, 3.8) is 0 Å². The van der Waals surface area contributed by atoms with E-state index in [0.717, 1.165) is 8.58 Å². The summed E-state index contributed by atoms with van der Waals surface area (Å²) in [5, 5.41) is 2.79. The molecular weight excluding hydrogens is 406 g/mol. The molecule has 81 valence electrons. The first-order valence-electron chi connectivity index (χ1n) is 4.44. The molecule has 0 heterocycles. The predicted octanol–water partition coefficient (Wildman–Crippen LogP) is 3.00. The summed E-state index contributed by atoms with van der Waals surface area (Å²) in [6.07, 6.45) is 0. The molecule has 0 saturated heterocycles. The van der Waals surface area contributed by atoms with Crippen LogP contribution < -0.4 is 10.6 Å². The minimum Gasteiger partial charge on any atom is -0.0622 e. The smallest absolute Gasteiger partial charge is 0.0226 e. The summed E-state index contributed by atoms with van der Waals surface area (Å²) >= 11 is 1.61. The molecule has 0 saturated carbocycles. The minimum absolute atomic E-state index is 0.777. The molecule has 0 aliphatic carbocycles. The van der Waals surface area contributed by atoms with Gasteiger partial charge in [0.05, 0.1) is 0 Å². The zero-order chi connectivity index (χ0) is 10.9. The third kappa shape index (κ3) is 4.93. The van der Waals surface area contributed by atoms with E-state index in [9.17, 15) is 0 Å². The normalized spacial score (nSPS) is 9.00. The Balaban J connectivity index is 0.000000531. The molecule has 0 nitrogen and oxygen atoms in total. The van der Waals surface area contributed by atoms with Crippen LogP contribution in [-0.2, 0) is 18.8 Å². The number of hydrogen-bond acceptors (Lipinski definition) is 0. The summed E-state index contributed by atoms with van der Waals surface area (Å²) < 4.78 is 0. The van der Waals surface area contributed by atoms with Gasteiger partial charge in [0.25, 0.3) is 0 Å². The van der Waals surface area contributed by atoms with E-state index in [0.29, 0.717) is 0 Å². The van der Waals surface area contributed by atoms with E-state index < -0.39 is 0 Å². The molecule has 0 spiro atoms. The second kappa shape index (κ2) is 8.05. The molecule has 3 heteroatoms. The third-order valence-corrected chi connectivity index (χ3v) is 3.08. The summed E-state index contributed by atoms with van der Waals surface area (Å²) in [7, 11) is 5.39. The Bertz CT molecular complexity index is 326. The third-order valence-electron chi connectivity index (χ3n) is 1.84. The van der Waals surface area contributed by atoms with Gasteiger partial charge >= 0.3 is 28.2 Å². The van der Waals surface area contributed by atoms with E-state index in [1.165, 1.54) is 10.6 Å². The summed E-state index contributed by atoms with van der Waals surface area (Å²) in [6, 6.07) is 21.2. The second-order valence-electron chi connectivity index (χ2n) is 2.86. The van der Waals surface area contributed by atoms with E-state index in [1.54, 1.807) is 18.8 Å². The summed E-state index contributed by atoms with van der Waals surface area (Å²) in [4.78, 5) is 0. The van der Waals surface area contributed by atoms with Gasteiger partial charge in [-0.05, 0) is 10.6 Å². The fraction of sp³-hybridized carbons (Fsp3) is 0. The van der Waals surface area contributed by atoms with Crippen LogP contribution in [0.5, 0.6) is 0 Å². The molecular formula is C12H11ClPPt. The Morgan fingerprint density at radius 2 is 1.00 bits per heavy atom. The van der Waals surface area contributed by atoms with Crippen LogP contribution in [0.1, 0.15) is 0 Å². The van der Waals surface area contributed by atoms with Crippen molar-refractivity contribution < 1.29 is 18.8 Å². The van der Waals surface area contributed by atoms with E-state index in [4.69, 9.17) is 0 Å². The van der Waals surface area contributed by atoms with Crippen molar-refractivity contribution in [1.29, 1.82) is 0 Å². The van der Waals surface area contributed by atoms with Crippen molar-refractivity contribution in [1.82, 2.24) is 0 Å². The van der Waals surface area contributed by atoms with Crippen molar-refractivity contribution in [2.24, 2.45) is 0 Å². The summed E-state index contributed by atoms with van der Waals surface area (Å²) in [5.74, 6) is 0. The van der Waals surface area contributed by atoms with Gasteiger partial charge in [-0.25, -0.2) is 0 Å². The first-order chi connectivity index (χ1) is 7.45. The largest absolute Gasteiger partial charge is 0.0622 e. The van der Waals surface area contributed by atoms with Gasteiger partial charge in [-0.3, -0.25) is 0 Å². The number of hydrogen-bond donors (Lipinski definition) is 0.